The number of nitrogens with zero attached hydrogens (tertiary/aromatic N) is 2. The van der Waals surface area contributed by atoms with Gasteiger partial charge in [0.2, 0.25) is 0 Å². The second kappa shape index (κ2) is 4.30. The van der Waals surface area contributed by atoms with Gasteiger partial charge in [-0.25, -0.2) is 4.98 Å². The number of nitrogens with two attached hydrogens (primary N) is 1. The Hall–Kier alpha value is -1.26. The Bertz CT molecular complexity index is 372. The third-order valence-corrected chi connectivity index (χ3v) is 2.64. The minimum absolute atomic E-state index is 0.0105. The van der Waals surface area contributed by atoms with E-state index in [1.54, 1.807) is 23.7 Å². The van der Waals surface area contributed by atoms with Gasteiger partial charge in [-0.05, 0) is 24.1 Å². The average molecular weight is 205 g/mol. The molecule has 0 aliphatic carbocycles. The van der Waals surface area contributed by atoms with E-state index >= 15 is 0 Å². The van der Waals surface area contributed by atoms with E-state index in [1.165, 1.54) is 5.56 Å². The summed E-state index contributed by atoms with van der Waals surface area (Å²) in [4.78, 5) is 8.15. The summed E-state index contributed by atoms with van der Waals surface area (Å²) in [7, 11) is 0. The predicted octanol–water partition coefficient (Wildman–Crippen LogP) is 1.78. The van der Waals surface area contributed by atoms with Crippen molar-refractivity contribution in [2.45, 2.75) is 12.5 Å². The van der Waals surface area contributed by atoms with Crippen LogP contribution in [0.2, 0.25) is 0 Å². The molecule has 0 bridgehead atoms. The lowest BCUT2D eigenvalue weighted by Gasteiger charge is -2.07. The van der Waals surface area contributed by atoms with Crippen LogP contribution in [0.4, 0.5) is 0 Å². The molecule has 2 N–H and O–H groups in total. The van der Waals surface area contributed by atoms with Crippen LogP contribution >= 0.6 is 11.3 Å². The highest BCUT2D eigenvalue weighted by Crippen LogP contribution is 2.15. The zero-order chi connectivity index (χ0) is 9.80. The highest BCUT2D eigenvalue weighted by molar-refractivity contribution is 7.07. The van der Waals surface area contributed by atoms with Crippen molar-refractivity contribution in [2.24, 2.45) is 5.73 Å². The Morgan fingerprint density at radius 3 is 2.79 bits per heavy atom. The van der Waals surface area contributed by atoms with Gasteiger partial charge in [0.15, 0.2) is 0 Å². The van der Waals surface area contributed by atoms with Crippen LogP contribution in [0.3, 0.4) is 0 Å². The Balaban J connectivity index is 2.06. The van der Waals surface area contributed by atoms with Crippen LogP contribution < -0.4 is 5.73 Å². The van der Waals surface area contributed by atoms with Gasteiger partial charge in [0.1, 0.15) is 0 Å². The maximum Gasteiger partial charge on any atom is 0.0795 e. The van der Waals surface area contributed by atoms with E-state index in [0.29, 0.717) is 0 Å². The maximum absolute atomic E-state index is 6.00. The molecule has 0 amide bonds. The molecule has 2 aromatic rings. The van der Waals surface area contributed by atoms with Crippen molar-refractivity contribution in [3.05, 3.63) is 46.7 Å². The topological polar surface area (TPSA) is 51.8 Å². The summed E-state index contributed by atoms with van der Waals surface area (Å²) in [5.41, 5.74) is 9.96. The molecule has 0 aromatic carbocycles. The van der Waals surface area contributed by atoms with Crippen molar-refractivity contribution in [3.8, 4) is 0 Å². The molecule has 1 unspecified atom stereocenters. The molecule has 0 fully saturated rings. The van der Waals surface area contributed by atoms with E-state index < -0.39 is 0 Å². The molecule has 0 aliphatic rings. The molecular formula is C10H11N3S. The van der Waals surface area contributed by atoms with Crippen molar-refractivity contribution in [3.63, 3.8) is 0 Å². The van der Waals surface area contributed by atoms with Crippen LogP contribution in [0.25, 0.3) is 0 Å². The molecule has 2 rings (SSSR count). The summed E-state index contributed by atoms with van der Waals surface area (Å²) in [5, 5.41) is 1.99. The summed E-state index contributed by atoms with van der Waals surface area (Å²) in [6.07, 6.45) is 4.37. The van der Waals surface area contributed by atoms with E-state index in [4.69, 9.17) is 5.73 Å². The number of aromatic nitrogens is 2. The second-order valence-corrected chi connectivity index (χ2v) is 3.80. The van der Waals surface area contributed by atoms with E-state index in [-0.39, 0.29) is 6.04 Å². The van der Waals surface area contributed by atoms with E-state index in [2.05, 4.69) is 9.97 Å². The molecule has 0 radical (unpaired) electrons. The van der Waals surface area contributed by atoms with Gasteiger partial charge in [-0.1, -0.05) is 0 Å². The summed E-state index contributed by atoms with van der Waals surface area (Å²) in [6, 6.07) is 3.95. The molecule has 2 heterocycles. The fourth-order valence-corrected chi connectivity index (χ4v) is 1.90. The minimum atomic E-state index is -0.0105. The molecule has 14 heavy (non-hydrogen) atoms. The van der Waals surface area contributed by atoms with Gasteiger partial charge in [0.05, 0.1) is 17.2 Å². The Labute approximate surface area is 86.6 Å². The van der Waals surface area contributed by atoms with E-state index in [9.17, 15) is 0 Å². The summed E-state index contributed by atoms with van der Waals surface area (Å²) in [5.74, 6) is 0. The lowest BCUT2D eigenvalue weighted by molar-refractivity contribution is 0.701. The quantitative estimate of drug-likeness (QED) is 0.831. The van der Waals surface area contributed by atoms with Gasteiger partial charge in [-0.3, -0.25) is 4.98 Å². The normalized spacial score (nSPS) is 12.6. The van der Waals surface area contributed by atoms with Gasteiger partial charge in [0.25, 0.3) is 0 Å². The summed E-state index contributed by atoms with van der Waals surface area (Å²) in [6.45, 7) is 0. The van der Waals surface area contributed by atoms with Crippen molar-refractivity contribution < 1.29 is 0 Å². The fraction of sp³-hybridized carbons (Fsp3) is 0.200. The lowest BCUT2D eigenvalue weighted by Crippen LogP contribution is -2.13. The number of thiazole rings is 1. The first-order chi connectivity index (χ1) is 6.86. The smallest absolute Gasteiger partial charge is 0.0795 e. The third kappa shape index (κ3) is 2.16. The van der Waals surface area contributed by atoms with E-state index in [0.717, 1.165) is 12.1 Å². The van der Waals surface area contributed by atoms with Crippen LogP contribution in [0.15, 0.2) is 35.4 Å². The van der Waals surface area contributed by atoms with Crippen LogP contribution in [0, 0.1) is 0 Å². The SMILES string of the molecule is NC(Cc1ccncc1)c1cscn1. The standard InChI is InChI=1S/C10H11N3S/c11-9(10-6-14-7-13-10)5-8-1-3-12-4-2-8/h1-4,6-7,9H,5,11H2. The molecule has 72 valence electrons. The maximum atomic E-state index is 6.00. The van der Waals surface area contributed by atoms with Gasteiger partial charge in [0, 0.05) is 17.8 Å². The average Bonchev–Trinajstić information content (AvgIpc) is 2.72. The van der Waals surface area contributed by atoms with Gasteiger partial charge in [-0.15, -0.1) is 11.3 Å². The first-order valence-electron chi connectivity index (χ1n) is 4.39. The molecule has 0 saturated heterocycles. The summed E-state index contributed by atoms with van der Waals surface area (Å²) >= 11 is 1.58. The molecule has 0 aliphatic heterocycles. The third-order valence-electron chi connectivity index (χ3n) is 2.04. The molecule has 2 aromatic heterocycles. The number of hydrogen-bond acceptors (Lipinski definition) is 4. The lowest BCUT2D eigenvalue weighted by atomic mass is 10.1. The molecule has 1 atom stereocenters. The fourth-order valence-electron chi connectivity index (χ4n) is 1.28. The number of pyridine rings is 1. The van der Waals surface area contributed by atoms with Crippen LogP contribution in [0.1, 0.15) is 17.3 Å². The number of rotatable bonds is 3. The molecule has 0 saturated carbocycles. The zero-order valence-electron chi connectivity index (χ0n) is 7.63. The highest BCUT2D eigenvalue weighted by Gasteiger charge is 2.08. The van der Waals surface area contributed by atoms with Crippen LogP contribution in [-0.4, -0.2) is 9.97 Å². The van der Waals surface area contributed by atoms with Crippen LogP contribution in [0.5, 0.6) is 0 Å². The Kier molecular flexibility index (Phi) is 2.86. The summed E-state index contributed by atoms with van der Waals surface area (Å²) < 4.78 is 0. The largest absolute Gasteiger partial charge is 0.322 e. The Morgan fingerprint density at radius 1 is 1.36 bits per heavy atom. The predicted molar refractivity (Wildman–Crippen MR) is 57.0 cm³/mol. The molecule has 4 heteroatoms. The zero-order valence-corrected chi connectivity index (χ0v) is 8.45. The molecule has 3 nitrogen and oxygen atoms in total. The number of hydrogen-bond donors (Lipinski definition) is 1. The Morgan fingerprint density at radius 2 is 2.14 bits per heavy atom. The van der Waals surface area contributed by atoms with Gasteiger partial charge < -0.3 is 5.73 Å². The van der Waals surface area contributed by atoms with Crippen molar-refractivity contribution >= 4 is 11.3 Å². The first-order valence-corrected chi connectivity index (χ1v) is 5.33. The molecular weight excluding hydrogens is 194 g/mol. The van der Waals surface area contributed by atoms with Crippen molar-refractivity contribution in [1.29, 1.82) is 0 Å². The van der Waals surface area contributed by atoms with E-state index in [1.807, 2.05) is 23.0 Å². The second-order valence-electron chi connectivity index (χ2n) is 3.08. The first kappa shape index (κ1) is 9.30. The van der Waals surface area contributed by atoms with Gasteiger partial charge >= 0.3 is 0 Å². The highest BCUT2D eigenvalue weighted by atomic mass is 32.1. The minimum Gasteiger partial charge on any atom is -0.322 e. The molecule has 0 spiro atoms. The van der Waals surface area contributed by atoms with Crippen molar-refractivity contribution in [1.82, 2.24) is 9.97 Å². The monoisotopic (exact) mass is 205 g/mol. The van der Waals surface area contributed by atoms with Crippen LogP contribution in [-0.2, 0) is 6.42 Å². The van der Waals surface area contributed by atoms with Gasteiger partial charge in [-0.2, -0.15) is 0 Å². The van der Waals surface area contributed by atoms with Crippen molar-refractivity contribution in [2.75, 3.05) is 0 Å².